The van der Waals surface area contributed by atoms with Crippen molar-refractivity contribution in [1.29, 1.82) is 0 Å². The first kappa shape index (κ1) is 17.2. The second kappa shape index (κ2) is 7.12. The maximum absolute atomic E-state index is 4.50. The highest BCUT2D eigenvalue weighted by Gasteiger charge is 2.34. The van der Waals surface area contributed by atoms with Crippen LogP contribution < -0.4 is 9.75 Å². The Morgan fingerprint density at radius 1 is 0.760 bits per heavy atom. The van der Waals surface area contributed by atoms with Crippen LogP contribution in [0.15, 0.2) is 91.5 Å². The Morgan fingerprint density at radius 2 is 1.28 bits per heavy atom. The Labute approximate surface area is 152 Å². The molecule has 0 fully saturated rings. The molecule has 0 atom stereocenters. The number of nitrogens with zero attached hydrogens (tertiary/aromatic N) is 1. The lowest BCUT2D eigenvalue weighted by molar-refractivity contribution is 1.30. The SMILES string of the molecule is C=C(c1ccccc1)N(c1ccccc1C)[Si](C)(C)c1ccccc1. The summed E-state index contributed by atoms with van der Waals surface area (Å²) in [5.74, 6) is 0. The van der Waals surface area contributed by atoms with Gasteiger partial charge in [-0.05, 0) is 42.4 Å². The molecule has 0 aliphatic heterocycles. The van der Waals surface area contributed by atoms with Crippen LogP contribution in [0.5, 0.6) is 0 Å². The van der Waals surface area contributed by atoms with Crippen LogP contribution >= 0.6 is 0 Å². The van der Waals surface area contributed by atoms with E-state index < -0.39 is 8.24 Å². The molecule has 3 aromatic carbocycles. The van der Waals surface area contributed by atoms with Crippen molar-refractivity contribution in [2.45, 2.75) is 20.0 Å². The van der Waals surface area contributed by atoms with Crippen LogP contribution in [-0.2, 0) is 0 Å². The highest BCUT2D eigenvalue weighted by Crippen LogP contribution is 2.33. The second-order valence-corrected chi connectivity index (χ2v) is 11.0. The van der Waals surface area contributed by atoms with E-state index in [9.17, 15) is 0 Å². The average Bonchev–Trinajstić information content (AvgIpc) is 2.65. The summed E-state index contributed by atoms with van der Waals surface area (Å²) in [5, 5.41) is 1.40. The molecule has 0 spiro atoms. The Hall–Kier alpha value is -2.58. The molecule has 0 heterocycles. The molecule has 0 unspecified atom stereocenters. The van der Waals surface area contributed by atoms with Gasteiger partial charge in [-0.1, -0.05) is 85.4 Å². The summed E-state index contributed by atoms with van der Waals surface area (Å²) in [6, 6.07) is 29.9. The van der Waals surface area contributed by atoms with Gasteiger partial charge in [-0.2, -0.15) is 0 Å². The molecule has 0 bridgehead atoms. The first-order valence-electron chi connectivity index (χ1n) is 8.67. The molecule has 3 aromatic rings. The summed E-state index contributed by atoms with van der Waals surface area (Å²) in [7, 11) is -1.99. The van der Waals surface area contributed by atoms with Gasteiger partial charge in [-0.15, -0.1) is 0 Å². The molecule has 2 heteroatoms. The Balaban J connectivity index is 2.16. The van der Waals surface area contributed by atoms with Gasteiger partial charge in [0.05, 0.1) is 0 Å². The van der Waals surface area contributed by atoms with Gasteiger partial charge in [0.1, 0.15) is 0 Å². The van der Waals surface area contributed by atoms with E-state index in [0.717, 1.165) is 5.70 Å². The van der Waals surface area contributed by atoms with E-state index in [4.69, 9.17) is 0 Å². The molecular weight excluding hydrogens is 318 g/mol. The van der Waals surface area contributed by atoms with Crippen LogP contribution in [0.2, 0.25) is 13.1 Å². The molecule has 0 saturated heterocycles. The molecule has 0 aliphatic carbocycles. The fraction of sp³-hybridized carbons (Fsp3) is 0.130. The minimum atomic E-state index is -1.99. The van der Waals surface area contributed by atoms with Crippen LogP contribution in [0.4, 0.5) is 5.69 Å². The van der Waals surface area contributed by atoms with Gasteiger partial charge < -0.3 is 4.57 Å². The summed E-state index contributed by atoms with van der Waals surface area (Å²) in [4.78, 5) is 0. The van der Waals surface area contributed by atoms with Crippen molar-refractivity contribution in [1.82, 2.24) is 0 Å². The fourth-order valence-electron chi connectivity index (χ4n) is 3.33. The van der Waals surface area contributed by atoms with E-state index in [1.165, 1.54) is 22.0 Å². The molecule has 25 heavy (non-hydrogen) atoms. The Kier molecular flexibility index (Phi) is 4.91. The van der Waals surface area contributed by atoms with Crippen LogP contribution in [-0.4, -0.2) is 8.24 Å². The zero-order chi connectivity index (χ0) is 17.9. The number of para-hydroxylation sites is 1. The Bertz CT molecular complexity index is 854. The minimum absolute atomic E-state index is 1.07. The summed E-state index contributed by atoms with van der Waals surface area (Å²) >= 11 is 0. The van der Waals surface area contributed by atoms with Crippen molar-refractivity contribution in [3.05, 3.63) is 103 Å². The van der Waals surface area contributed by atoms with Crippen molar-refractivity contribution in [3.63, 3.8) is 0 Å². The van der Waals surface area contributed by atoms with Crippen molar-refractivity contribution in [2.75, 3.05) is 4.57 Å². The highest BCUT2D eigenvalue weighted by atomic mass is 28.3. The highest BCUT2D eigenvalue weighted by molar-refractivity contribution is 6.94. The number of anilines is 1. The van der Waals surface area contributed by atoms with Gasteiger partial charge in [-0.3, -0.25) is 0 Å². The molecule has 126 valence electrons. The van der Waals surface area contributed by atoms with Crippen molar-refractivity contribution >= 4 is 24.8 Å². The van der Waals surface area contributed by atoms with Gasteiger partial charge in [-0.25, -0.2) is 0 Å². The minimum Gasteiger partial charge on any atom is -0.365 e. The fourth-order valence-corrected chi connectivity index (χ4v) is 6.26. The first-order chi connectivity index (χ1) is 12.0. The number of hydrogen-bond acceptors (Lipinski definition) is 1. The lowest BCUT2D eigenvalue weighted by Gasteiger charge is -2.41. The van der Waals surface area contributed by atoms with Gasteiger partial charge >= 0.3 is 0 Å². The number of benzene rings is 3. The summed E-state index contributed by atoms with van der Waals surface area (Å²) < 4.78 is 2.49. The summed E-state index contributed by atoms with van der Waals surface area (Å²) in [5.41, 5.74) is 4.76. The molecule has 0 aliphatic rings. The normalized spacial score (nSPS) is 11.2. The molecule has 0 radical (unpaired) electrons. The molecular formula is C23H25NSi. The topological polar surface area (TPSA) is 3.24 Å². The Morgan fingerprint density at radius 3 is 1.88 bits per heavy atom. The zero-order valence-electron chi connectivity index (χ0n) is 15.2. The van der Waals surface area contributed by atoms with E-state index in [1.54, 1.807) is 0 Å². The van der Waals surface area contributed by atoms with Gasteiger partial charge in [0.2, 0.25) is 0 Å². The van der Waals surface area contributed by atoms with Crippen LogP contribution in [0.3, 0.4) is 0 Å². The second-order valence-electron chi connectivity index (χ2n) is 6.86. The summed E-state index contributed by atoms with van der Waals surface area (Å²) in [6.45, 7) is 11.5. The largest absolute Gasteiger partial charge is 0.365 e. The van der Waals surface area contributed by atoms with Crippen LogP contribution in [0.1, 0.15) is 11.1 Å². The molecule has 0 N–H and O–H groups in total. The van der Waals surface area contributed by atoms with Gasteiger partial charge in [0.15, 0.2) is 8.24 Å². The monoisotopic (exact) mass is 343 g/mol. The lowest BCUT2D eigenvalue weighted by Crippen LogP contribution is -2.57. The molecule has 3 rings (SSSR count). The van der Waals surface area contributed by atoms with E-state index in [-0.39, 0.29) is 0 Å². The predicted molar refractivity (Wildman–Crippen MR) is 113 cm³/mol. The van der Waals surface area contributed by atoms with E-state index in [1.807, 2.05) is 0 Å². The van der Waals surface area contributed by atoms with E-state index in [0.29, 0.717) is 0 Å². The van der Waals surface area contributed by atoms with Crippen molar-refractivity contribution in [3.8, 4) is 0 Å². The standard InChI is InChI=1S/C23H25NSi/c1-19-13-11-12-18-23(19)24(20(2)21-14-7-5-8-15-21)25(3,4)22-16-9-6-10-17-22/h5-18H,2H2,1,3-4H3. The third-order valence-corrected chi connectivity index (χ3v) is 8.15. The maximum atomic E-state index is 4.50. The molecule has 1 nitrogen and oxygen atoms in total. The quantitative estimate of drug-likeness (QED) is 0.546. The van der Waals surface area contributed by atoms with E-state index in [2.05, 4.69) is 116 Å². The first-order valence-corrected chi connectivity index (χ1v) is 11.6. The maximum Gasteiger partial charge on any atom is 0.187 e. The molecule has 0 amide bonds. The van der Waals surface area contributed by atoms with Crippen molar-refractivity contribution < 1.29 is 0 Å². The van der Waals surface area contributed by atoms with E-state index >= 15 is 0 Å². The third kappa shape index (κ3) is 3.44. The summed E-state index contributed by atoms with van der Waals surface area (Å²) in [6.07, 6.45) is 0. The number of rotatable bonds is 5. The lowest BCUT2D eigenvalue weighted by atomic mass is 10.1. The van der Waals surface area contributed by atoms with Crippen LogP contribution in [0.25, 0.3) is 5.70 Å². The number of hydrogen-bond donors (Lipinski definition) is 0. The van der Waals surface area contributed by atoms with Gasteiger partial charge in [0, 0.05) is 11.4 Å². The average molecular weight is 344 g/mol. The van der Waals surface area contributed by atoms with Gasteiger partial charge in [0.25, 0.3) is 0 Å². The zero-order valence-corrected chi connectivity index (χ0v) is 16.2. The number of aryl methyl sites for hydroxylation is 1. The molecule has 0 aromatic heterocycles. The smallest absolute Gasteiger partial charge is 0.187 e. The molecule has 0 saturated carbocycles. The predicted octanol–water partition coefficient (Wildman–Crippen LogP) is 5.58. The van der Waals surface area contributed by atoms with Crippen LogP contribution in [0, 0.1) is 6.92 Å². The van der Waals surface area contributed by atoms with Crippen molar-refractivity contribution in [2.24, 2.45) is 0 Å². The third-order valence-electron chi connectivity index (χ3n) is 4.77.